The van der Waals surface area contributed by atoms with Gasteiger partial charge in [0.1, 0.15) is 5.52 Å². The first-order chi connectivity index (χ1) is 15.5. The third-order valence-corrected chi connectivity index (χ3v) is 6.56. The molecule has 3 heterocycles. The van der Waals surface area contributed by atoms with Crippen LogP contribution in [-0.2, 0) is 18.8 Å². The maximum absolute atomic E-state index is 13.6. The highest BCUT2D eigenvalue weighted by molar-refractivity contribution is 7.98. The molecule has 0 saturated heterocycles. The molecule has 0 spiro atoms. The average molecular weight is 449 g/mol. The largest absolute Gasteiger partial charge is 0.454 e. The highest BCUT2D eigenvalue weighted by Gasteiger charge is 2.20. The van der Waals surface area contributed by atoms with Crippen molar-refractivity contribution in [2.75, 3.05) is 6.79 Å². The summed E-state index contributed by atoms with van der Waals surface area (Å²) in [7, 11) is 0. The fraction of sp³-hybridized carbons (Fsp3) is 0.292. The summed E-state index contributed by atoms with van der Waals surface area (Å²) in [6.07, 6.45) is 0. The van der Waals surface area contributed by atoms with Crippen LogP contribution in [0.5, 0.6) is 11.5 Å². The molecular weight excluding hydrogens is 424 g/mol. The Morgan fingerprint density at radius 2 is 1.91 bits per heavy atom. The van der Waals surface area contributed by atoms with Crippen LogP contribution in [0.4, 0.5) is 0 Å². The Morgan fingerprint density at radius 1 is 1.06 bits per heavy atom. The second-order valence-corrected chi connectivity index (χ2v) is 8.79. The van der Waals surface area contributed by atoms with Crippen molar-refractivity contribution in [3.05, 3.63) is 75.2 Å². The second kappa shape index (κ2) is 8.35. The van der Waals surface area contributed by atoms with Gasteiger partial charge in [0.05, 0.1) is 12.2 Å². The number of hydrogen-bond acceptors (Lipinski definition) is 6. The van der Waals surface area contributed by atoms with Crippen molar-refractivity contribution < 1.29 is 9.47 Å². The Morgan fingerprint density at radius 3 is 2.72 bits per heavy atom. The molecule has 0 fully saturated rings. The maximum atomic E-state index is 13.6. The monoisotopic (exact) mass is 448 g/mol. The zero-order chi connectivity index (χ0) is 22.2. The fourth-order valence-corrected chi connectivity index (χ4v) is 4.87. The van der Waals surface area contributed by atoms with Crippen LogP contribution in [0.15, 0.2) is 52.4 Å². The van der Waals surface area contributed by atoms with E-state index in [1.54, 1.807) is 21.0 Å². The van der Waals surface area contributed by atoms with Crippen molar-refractivity contribution in [1.82, 2.24) is 19.3 Å². The summed E-state index contributed by atoms with van der Waals surface area (Å²) in [6.45, 7) is 7.19. The third kappa shape index (κ3) is 3.75. The Bertz CT molecular complexity index is 1380. The molecule has 2 aromatic heterocycles. The number of aryl methyl sites for hydroxylation is 3. The van der Waals surface area contributed by atoms with Crippen molar-refractivity contribution >= 4 is 22.8 Å². The molecule has 0 saturated carbocycles. The van der Waals surface area contributed by atoms with Crippen LogP contribution in [0.2, 0.25) is 0 Å². The van der Waals surface area contributed by atoms with Crippen molar-refractivity contribution in [3.8, 4) is 11.5 Å². The number of nitrogens with zero attached hydrogens (tertiary/aromatic N) is 4. The lowest BCUT2D eigenvalue weighted by atomic mass is 10.2. The molecule has 8 heteroatoms. The Hall–Kier alpha value is -3.26. The molecule has 0 bridgehead atoms. The van der Waals surface area contributed by atoms with E-state index in [4.69, 9.17) is 14.5 Å². The number of aromatic nitrogens is 4. The smallest absolute Gasteiger partial charge is 0.280 e. The predicted molar refractivity (Wildman–Crippen MR) is 125 cm³/mol. The van der Waals surface area contributed by atoms with Gasteiger partial charge in [-0.3, -0.25) is 14.0 Å². The summed E-state index contributed by atoms with van der Waals surface area (Å²) >= 11 is 1.57. The van der Waals surface area contributed by atoms with E-state index in [1.807, 2.05) is 32.0 Å². The van der Waals surface area contributed by atoms with Crippen molar-refractivity contribution in [2.45, 2.75) is 44.8 Å². The summed E-state index contributed by atoms with van der Waals surface area (Å²) in [5.74, 6) is 2.15. The second-order valence-electron chi connectivity index (χ2n) is 7.85. The van der Waals surface area contributed by atoms with E-state index in [9.17, 15) is 4.79 Å². The number of benzene rings is 2. The molecule has 164 valence electrons. The van der Waals surface area contributed by atoms with Gasteiger partial charge in [-0.1, -0.05) is 47.7 Å². The Balaban J connectivity index is 1.58. The molecule has 2 aromatic carbocycles. The molecule has 0 amide bonds. The number of rotatable bonds is 6. The molecular formula is C24H24N4O3S. The normalized spacial score (nSPS) is 12.6. The van der Waals surface area contributed by atoms with E-state index in [1.165, 1.54) is 11.1 Å². The van der Waals surface area contributed by atoms with Gasteiger partial charge in [-0.2, -0.15) is 5.10 Å². The van der Waals surface area contributed by atoms with Crippen LogP contribution in [-0.4, -0.2) is 26.1 Å². The average Bonchev–Trinajstić information content (AvgIpc) is 3.38. The van der Waals surface area contributed by atoms with Gasteiger partial charge in [-0.25, -0.2) is 4.98 Å². The zero-order valence-electron chi connectivity index (χ0n) is 18.3. The molecule has 4 aromatic rings. The van der Waals surface area contributed by atoms with Gasteiger partial charge in [0.25, 0.3) is 5.56 Å². The van der Waals surface area contributed by atoms with Gasteiger partial charge < -0.3 is 9.47 Å². The molecule has 7 nitrogen and oxygen atoms in total. The van der Waals surface area contributed by atoms with Crippen molar-refractivity contribution in [3.63, 3.8) is 0 Å². The van der Waals surface area contributed by atoms with Crippen LogP contribution in [0, 0.1) is 13.8 Å². The fourth-order valence-electron chi connectivity index (χ4n) is 3.94. The summed E-state index contributed by atoms with van der Waals surface area (Å²) in [5, 5.41) is 5.21. The first-order valence-corrected chi connectivity index (χ1v) is 11.6. The summed E-state index contributed by atoms with van der Waals surface area (Å²) in [6, 6.07) is 14.2. The number of ether oxygens (including phenoxy) is 2. The lowest BCUT2D eigenvalue weighted by Crippen LogP contribution is -2.25. The Labute approximate surface area is 190 Å². The minimum atomic E-state index is -0.0816. The predicted octanol–water partition coefficient (Wildman–Crippen LogP) is 4.30. The van der Waals surface area contributed by atoms with Gasteiger partial charge in [0.15, 0.2) is 22.2 Å². The standard InChI is InChI=1S/C24H24N4O3S/c1-4-28-22-21(16(3)26-28)25-24(32-13-18-7-5-6-15(2)10-18)27(23(22)29)12-17-8-9-19-20(11-17)31-14-30-19/h5-11H,4,12-14H2,1-3H3. The van der Waals surface area contributed by atoms with Crippen LogP contribution in [0.25, 0.3) is 11.0 Å². The number of thioether (sulfide) groups is 1. The molecule has 32 heavy (non-hydrogen) atoms. The first kappa shape index (κ1) is 20.6. The highest BCUT2D eigenvalue weighted by Crippen LogP contribution is 2.33. The van der Waals surface area contributed by atoms with Crippen LogP contribution >= 0.6 is 11.8 Å². The van der Waals surface area contributed by atoms with Crippen LogP contribution in [0.3, 0.4) is 0 Å². The molecule has 1 aliphatic rings. The summed E-state index contributed by atoms with van der Waals surface area (Å²) in [5.41, 5.74) is 5.27. The first-order valence-electron chi connectivity index (χ1n) is 10.6. The summed E-state index contributed by atoms with van der Waals surface area (Å²) < 4.78 is 14.4. The van der Waals surface area contributed by atoms with Crippen molar-refractivity contribution in [1.29, 1.82) is 0 Å². The van der Waals surface area contributed by atoms with Crippen LogP contribution < -0.4 is 15.0 Å². The van der Waals surface area contributed by atoms with Gasteiger partial charge in [-0.05, 0) is 44.0 Å². The van der Waals surface area contributed by atoms with Gasteiger partial charge in [-0.15, -0.1) is 0 Å². The lowest BCUT2D eigenvalue weighted by Gasteiger charge is -2.13. The van der Waals surface area contributed by atoms with Crippen molar-refractivity contribution in [2.24, 2.45) is 0 Å². The highest BCUT2D eigenvalue weighted by atomic mass is 32.2. The molecule has 5 rings (SSSR count). The number of fused-ring (bicyclic) bond motifs is 2. The lowest BCUT2D eigenvalue weighted by molar-refractivity contribution is 0.174. The maximum Gasteiger partial charge on any atom is 0.280 e. The van der Waals surface area contributed by atoms with E-state index in [-0.39, 0.29) is 12.4 Å². The minimum absolute atomic E-state index is 0.0816. The van der Waals surface area contributed by atoms with E-state index in [0.717, 1.165) is 22.8 Å². The molecule has 0 radical (unpaired) electrons. The zero-order valence-corrected chi connectivity index (χ0v) is 19.1. The minimum Gasteiger partial charge on any atom is -0.454 e. The quantitative estimate of drug-likeness (QED) is 0.324. The van der Waals surface area contributed by atoms with Gasteiger partial charge in [0.2, 0.25) is 6.79 Å². The topological polar surface area (TPSA) is 71.2 Å². The van der Waals surface area contributed by atoms with Gasteiger partial charge >= 0.3 is 0 Å². The SMILES string of the molecule is CCn1nc(C)c2nc(SCc3cccc(C)c3)n(Cc3ccc4c(c3)OCO4)c(=O)c21. The van der Waals surface area contributed by atoms with E-state index in [2.05, 4.69) is 36.3 Å². The van der Waals surface area contributed by atoms with E-state index < -0.39 is 0 Å². The van der Waals surface area contributed by atoms with E-state index >= 15 is 0 Å². The van der Waals surface area contributed by atoms with Crippen LogP contribution in [0.1, 0.15) is 29.3 Å². The Kier molecular flexibility index (Phi) is 5.38. The molecule has 0 aliphatic carbocycles. The van der Waals surface area contributed by atoms with Gasteiger partial charge in [0, 0.05) is 12.3 Å². The van der Waals surface area contributed by atoms with E-state index in [0.29, 0.717) is 35.0 Å². The third-order valence-electron chi connectivity index (χ3n) is 5.51. The molecule has 0 N–H and O–H groups in total. The number of hydrogen-bond donors (Lipinski definition) is 0. The molecule has 0 atom stereocenters. The molecule has 0 unspecified atom stereocenters. The molecule has 1 aliphatic heterocycles. The summed E-state index contributed by atoms with van der Waals surface area (Å²) in [4.78, 5) is 18.5.